The maximum Gasteiger partial charge on any atom is 0.338 e. The molecular formula is C19H23ClN2O5S2. The molecule has 29 heavy (non-hydrogen) atoms. The standard InChI is InChI=1S/C19H23ClN2O5S2/c1-4-22(5-2)29(25,26)17-11-14(8-9-16(17)20)19(24)27-13-18(23)21(3)12-15-7-6-10-28-15/h6-11H,4-5,12-13H2,1-3H3. The number of benzene rings is 1. The summed E-state index contributed by atoms with van der Waals surface area (Å²) in [4.78, 5) is 26.8. The van der Waals surface area contributed by atoms with Gasteiger partial charge in [-0.3, -0.25) is 4.79 Å². The fourth-order valence-corrected chi connectivity index (χ4v) is 5.29. The average molecular weight is 459 g/mol. The fraction of sp³-hybridized carbons (Fsp3) is 0.368. The molecule has 0 radical (unpaired) electrons. The Morgan fingerprint density at radius 1 is 1.17 bits per heavy atom. The highest BCUT2D eigenvalue weighted by atomic mass is 35.5. The average Bonchev–Trinajstić information content (AvgIpc) is 3.19. The van der Waals surface area contributed by atoms with Crippen molar-refractivity contribution in [3.63, 3.8) is 0 Å². The molecule has 0 spiro atoms. The smallest absolute Gasteiger partial charge is 0.338 e. The van der Waals surface area contributed by atoms with Crippen LogP contribution in [0.3, 0.4) is 0 Å². The molecule has 1 amide bonds. The van der Waals surface area contributed by atoms with Crippen molar-refractivity contribution in [3.8, 4) is 0 Å². The van der Waals surface area contributed by atoms with Crippen molar-refractivity contribution in [2.75, 3.05) is 26.7 Å². The highest BCUT2D eigenvalue weighted by Gasteiger charge is 2.26. The lowest BCUT2D eigenvalue weighted by atomic mass is 10.2. The SMILES string of the molecule is CCN(CC)S(=O)(=O)c1cc(C(=O)OCC(=O)N(C)Cc2cccs2)ccc1Cl. The van der Waals surface area contributed by atoms with Gasteiger partial charge in [-0.25, -0.2) is 13.2 Å². The van der Waals surface area contributed by atoms with Crippen molar-refractivity contribution < 1.29 is 22.7 Å². The molecule has 1 aromatic heterocycles. The topological polar surface area (TPSA) is 84.0 Å². The Bertz CT molecular complexity index is 957. The third-order valence-electron chi connectivity index (χ3n) is 4.22. The quantitative estimate of drug-likeness (QED) is 0.538. The number of likely N-dealkylation sites (N-methyl/N-ethyl adjacent to an activating group) is 1. The number of ether oxygens (including phenoxy) is 1. The summed E-state index contributed by atoms with van der Waals surface area (Å²) < 4.78 is 31.8. The van der Waals surface area contributed by atoms with E-state index in [1.165, 1.54) is 38.7 Å². The highest BCUT2D eigenvalue weighted by Crippen LogP contribution is 2.26. The second-order valence-electron chi connectivity index (χ2n) is 6.14. The second kappa shape index (κ2) is 10.2. The van der Waals surface area contributed by atoms with Crippen LogP contribution in [0.5, 0.6) is 0 Å². The van der Waals surface area contributed by atoms with Crippen LogP contribution < -0.4 is 0 Å². The van der Waals surface area contributed by atoms with Crippen LogP contribution in [0.1, 0.15) is 29.1 Å². The van der Waals surface area contributed by atoms with E-state index in [4.69, 9.17) is 16.3 Å². The van der Waals surface area contributed by atoms with Gasteiger partial charge in [0.25, 0.3) is 5.91 Å². The van der Waals surface area contributed by atoms with Crippen molar-refractivity contribution in [2.45, 2.75) is 25.3 Å². The zero-order chi connectivity index (χ0) is 21.6. The number of esters is 1. The molecule has 0 N–H and O–H groups in total. The van der Waals surface area contributed by atoms with Crippen LogP contribution in [-0.2, 0) is 26.1 Å². The summed E-state index contributed by atoms with van der Waals surface area (Å²) in [6.45, 7) is 3.95. The number of halogens is 1. The van der Waals surface area contributed by atoms with Crippen LogP contribution in [-0.4, -0.2) is 56.2 Å². The molecule has 1 heterocycles. The van der Waals surface area contributed by atoms with Crippen LogP contribution in [0.4, 0.5) is 0 Å². The van der Waals surface area contributed by atoms with Crippen molar-refractivity contribution in [2.24, 2.45) is 0 Å². The lowest BCUT2D eigenvalue weighted by molar-refractivity contribution is -0.133. The van der Waals surface area contributed by atoms with Crippen LogP contribution in [0.25, 0.3) is 0 Å². The number of hydrogen-bond donors (Lipinski definition) is 0. The minimum atomic E-state index is -3.84. The summed E-state index contributed by atoms with van der Waals surface area (Å²) >= 11 is 7.59. The molecule has 2 rings (SSSR count). The monoisotopic (exact) mass is 458 g/mol. The molecule has 0 saturated heterocycles. The van der Waals surface area contributed by atoms with E-state index in [9.17, 15) is 18.0 Å². The Morgan fingerprint density at radius 3 is 2.45 bits per heavy atom. The molecule has 0 fully saturated rings. The van der Waals surface area contributed by atoms with E-state index in [2.05, 4.69) is 0 Å². The van der Waals surface area contributed by atoms with Crippen molar-refractivity contribution in [3.05, 3.63) is 51.2 Å². The number of carbonyl (C=O) groups excluding carboxylic acids is 2. The molecule has 0 unspecified atom stereocenters. The first-order valence-corrected chi connectivity index (χ1v) is 11.6. The summed E-state index contributed by atoms with van der Waals surface area (Å²) in [6, 6.07) is 7.68. The number of carbonyl (C=O) groups is 2. The van der Waals surface area contributed by atoms with Gasteiger partial charge in [0.15, 0.2) is 6.61 Å². The van der Waals surface area contributed by atoms with Gasteiger partial charge in [0, 0.05) is 25.0 Å². The summed E-state index contributed by atoms with van der Waals surface area (Å²) in [5.41, 5.74) is 0.00819. The molecule has 7 nitrogen and oxygen atoms in total. The molecule has 0 saturated carbocycles. The van der Waals surface area contributed by atoms with Gasteiger partial charge in [-0.1, -0.05) is 31.5 Å². The third kappa shape index (κ3) is 5.79. The molecule has 0 bridgehead atoms. The van der Waals surface area contributed by atoms with Gasteiger partial charge in [-0.2, -0.15) is 4.31 Å². The van der Waals surface area contributed by atoms with Crippen LogP contribution in [0.2, 0.25) is 5.02 Å². The van der Waals surface area contributed by atoms with E-state index in [1.54, 1.807) is 20.9 Å². The zero-order valence-corrected chi connectivity index (χ0v) is 18.8. The van der Waals surface area contributed by atoms with Crippen LogP contribution in [0.15, 0.2) is 40.6 Å². The van der Waals surface area contributed by atoms with E-state index >= 15 is 0 Å². The minimum absolute atomic E-state index is 0.00819. The number of hydrogen-bond acceptors (Lipinski definition) is 6. The number of thiophene rings is 1. The Morgan fingerprint density at radius 2 is 1.86 bits per heavy atom. The highest BCUT2D eigenvalue weighted by molar-refractivity contribution is 7.89. The van der Waals surface area contributed by atoms with E-state index in [0.717, 1.165) is 4.88 Å². The van der Waals surface area contributed by atoms with Gasteiger partial charge in [0.05, 0.1) is 17.1 Å². The number of amides is 1. The molecule has 158 valence electrons. The summed E-state index contributed by atoms with van der Waals surface area (Å²) in [7, 11) is -2.22. The number of rotatable bonds is 9. The largest absolute Gasteiger partial charge is 0.452 e. The van der Waals surface area contributed by atoms with Crippen molar-refractivity contribution in [1.29, 1.82) is 0 Å². The minimum Gasteiger partial charge on any atom is -0.452 e. The van der Waals surface area contributed by atoms with Gasteiger partial charge in [0.2, 0.25) is 10.0 Å². The van der Waals surface area contributed by atoms with Crippen LogP contribution in [0, 0.1) is 0 Å². The molecule has 0 aliphatic rings. The van der Waals surface area contributed by atoms with Gasteiger partial charge in [-0.05, 0) is 29.6 Å². The van der Waals surface area contributed by atoms with E-state index in [1.807, 2.05) is 17.5 Å². The first kappa shape index (κ1) is 23.3. The molecule has 10 heteroatoms. The lowest BCUT2D eigenvalue weighted by Gasteiger charge is -2.19. The van der Waals surface area contributed by atoms with Gasteiger partial charge >= 0.3 is 5.97 Å². The Hall–Kier alpha value is -1.94. The van der Waals surface area contributed by atoms with Crippen LogP contribution >= 0.6 is 22.9 Å². The summed E-state index contributed by atoms with van der Waals surface area (Å²) in [5, 5.41) is 1.93. The Kier molecular flexibility index (Phi) is 8.21. The molecular weight excluding hydrogens is 436 g/mol. The first-order chi connectivity index (χ1) is 13.7. The molecule has 0 aliphatic carbocycles. The predicted molar refractivity (Wildman–Crippen MR) is 113 cm³/mol. The van der Waals surface area contributed by atoms with Gasteiger partial charge in [0.1, 0.15) is 4.90 Å². The molecule has 0 atom stereocenters. The summed E-state index contributed by atoms with van der Waals surface area (Å²) in [5.74, 6) is -1.16. The maximum absolute atomic E-state index is 12.7. The Labute approximate surface area is 179 Å². The molecule has 1 aromatic carbocycles. The van der Waals surface area contributed by atoms with Gasteiger partial charge < -0.3 is 9.64 Å². The normalized spacial score (nSPS) is 11.5. The van der Waals surface area contributed by atoms with E-state index < -0.39 is 22.6 Å². The first-order valence-electron chi connectivity index (χ1n) is 8.93. The third-order valence-corrected chi connectivity index (χ3v) is 7.61. The maximum atomic E-state index is 12.7. The number of sulfonamides is 1. The van der Waals surface area contributed by atoms with Crippen molar-refractivity contribution >= 4 is 44.8 Å². The second-order valence-corrected chi connectivity index (χ2v) is 9.49. The van der Waals surface area contributed by atoms with E-state index in [0.29, 0.717) is 6.54 Å². The zero-order valence-electron chi connectivity index (χ0n) is 16.4. The van der Waals surface area contributed by atoms with Crippen molar-refractivity contribution in [1.82, 2.24) is 9.21 Å². The predicted octanol–water partition coefficient (Wildman–Crippen LogP) is 3.25. The molecule has 2 aromatic rings. The number of nitrogens with zero attached hydrogens (tertiary/aromatic N) is 2. The van der Waals surface area contributed by atoms with E-state index in [-0.39, 0.29) is 34.5 Å². The fourth-order valence-electron chi connectivity index (χ4n) is 2.58. The summed E-state index contributed by atoms with van der Waals surface area (Å²) in [6.07, 6.45) is 0. The molecule has 0 aliphatic heterocycles. The van der Waals surface area contributed by atoms with Gasteiger partial charge in [-0.15, -0.1) is 11.3 Å². The lowest BCUT2D eigenvalue weighted by Crippen LogP contribution is -2.31. The Balaban J connectivity index is 2.08.